The number of aromatic nitrogens is 2. The Labute approximate surface area is 122 Å². The van der Waals surface area contributed by atoms with Crippen molar-refractivity contribution in [3.8, 4) is 5.75 Å². The number of aromatic hydroxyl groups is 1. The van der Waals surface area contributed by atoms with Crippen molar-refractivity contribution in [1.29, 1.82) is 0 Å². The van der Waals surface area contributed by atoms with Crippen LogP contribution >= 0.6 is 0 Å². The number of benzene rings is 2. The Morgan fingerprint density at radius 2 is 1.81 bits per heavy atom. The van der Waals surface area contributed by atoms with Crippen LogP contribution in [0.15, 0.2) is 35.8 Å². The molecule has 3 aromatic rings. The molecule has 0 saturated carbocycles. The van der Waals surface area contributed by atoms with Crippen molar-refractivity contribution in [2.24, 2.45) is 12.2 Å². The molecule has 0 atom stereocenters. The number of rotatable bonds is 1. The molecule has 2 aromatic carbocycles. The zero-order chi connectivity index (χ0) is 15.4. The second kappa shape index (κ2) is 4.28. The number of phenols is 1. The van der Waals surface area contributed by atoms with E-state index in [1.165, 1.54) is 0 Å². The molecule has 0 aliphatic heterocycles. The summed E-state index contributed by atoms with van der Waals surface area (Å²) in [5.74, 6) is 0.184. The molecule has 1 heterocycles. The van der Waals surface area contributed by atoms with Crippen molar-refractivity contribution >= 4 is 27.5 Å². The molecule has 0 spiro atoms. The van der Waals surface area contributed by atoms with Crippen molar-refractivity contribution < 1.29 is 9.67 Å². The minimum absolute atomic E-state index is 0.184. The van der Waals surface area contributed by atoms with Crippen LogP contribution in [-0.2, 0) is 12.6 Å². The Bertz CT molecular complexity index is 873. The van der Waals surface area contributed by atoms with Gasteiger partial charge in [0.05, 0.1) is 7.05 Å². The first kappa shape index (κ1) is 13.5. The van der Waals surface area contributed by atoms with Crippen LogP contribution in [0.5, 0.6) is 5.75 Å². The molecular weight excluding hydrogens is 266 g/mol. The number of aryl methyl sites for hydroxylation is 1. The van der Waals surface area contributed by atoms with E-state index in [2.05, 4.69) is 25.9 Å². The van der Waals surface area contributed by atoms with E-state index in [-0.39, 0.29) is 11.3 Å². The fourth-order valence-corrected chi connectivity index (χ4v) is 2.83. The van der Waals surface area contributed by atoms with Gasteiger partial charge in [-0.1, -0.05) is 24.3 Å². The van der Waals surface area contributed by atoms with Crippen molar-refractivity contribution in [3.05, 3.63) is 35.5 Å². The normalized spacial score (nSPS) is 12.2. The lowest BCUT2D eigenvalue weighted by Gasteiger charge is -2.16. The third kappa shape index (κ3) is 1.81. The number of nitroso groups, excluding NO2 is 1. The van der Waals surface area contributed by atoms with Crippen LogP contribution in [-0.4, -0.2) is 9.67 Å². The summed E-state index contributed by atoms with van der Waals surface area (Å²) >= 11 is 0. The predicted molar refractivity (Wildman–Crippen MR) is 82.7 cm³/mol. The Kier molecular flexibility index (Phi) is 2.76. The maximum absolute atomic E-state index is 11.4. The molecule has 0 aliphatic carbocycles. The highest BCUT2D eigenvalue weighted by molar-refractivity contribution is 6.11. The molecular formula is C16H18N3O2+. The first-order valence-corrected chi connectivity index (χ1v) is 6.84. The molecule has 5 heteroatoms. The van der Waals surface area contributed by atoms with Gasteiger partial charge in [-0.25, -0.2) is 9.13 Å². The van der Waals surface area contributed by atoms with Crippen LogP contribution in [0, 0.1) is 4.91 Å². The van der Waals surface area contributed by atoms with Gasteiger partial charge in [0.1, 0.15) is 5.54 Å². The molecule has 0 fully saturated rings. The third-order valence-electron chi connectivity index (χ3n) is 3.81. The van der Waals surface area contributed by atoms with Crippen molar-refractivity contribution in [3.63, 3.8) is 0 Å². The van der Waals surface area contributed by atoms with E-state index in [9.17, 15) is 10.0 Å². The molecule has 1 aromatic heterocycles. The van der Waals surface area contributed by atoms with Gasteiger partial charge < -0.3 is 5.11 Å². The summed E-state index contributed by atoms with van der Waals surface area (Å²) in [6.45, 7) is 6.15. The van der Waals surface area contributed by atoms with Gasteiger partial charge in [-0.15, -0.1) is 4.91 Å². The van der Waals surface area contributed by atoms with E-state index in [1.807, 2.05) is 34.6 Å². The Morgan fingerprint density at radius 3 is 2.38 bits per heavy atom. The van der Waals surface area contributed by atoms with Gasteiger partial charge in [0.15, 0.2) is 11.4 Å². The Balaban J connectivity index is 2.65. The van der Waals surface area contributed by atoms with Gasteiger partial charge >= 0.3 is 0 Å². The zero-order valence-electron chi connectivity index (χ0n) is 12.6. The molecule has 0 aliphatic rings. The second-order valence-corrected chi connectivity index (χ2v) is 6.30. The zero-order valence-corrected chi connectivity index (χ0v) is 12.6. The van der Waals surface area contributed by atoms with E-state index in [0.717, 1.165) is 0 Å². The smallest absolute Gasteiger partial charge is 0.245 e. The van der Waals surface area contributed by atoms with Gasteiger partial charge in [-0.05, 0) is 25.9 Å². The first-order chi connectivity index (χ1) is 9.86. The Morgan fingerprint density at radius 1 is 1.19 bits per heavy atom. The average molecular weight is 284 g/mol. The monoisotopic (exact) mass is 284 g/mol. The van der Waals surface area contributed by atoms with Gasteiger partial charge in [0, 0.05) is 10.8 Å². The van der Waals surface area contributed by atoms with Gasteiger partial charge in [-0.3, -0.25) is 0 Å². The van der Waals surface area contributed by atoms with Crippen molar-refractivity contribution in [2.45, 2.75) is 26.3 Å². The van der Waals surface area contributed by atoms with Crippen LogP contribution in [0.1, 0.15) is 20.8 Å². The lowest BCUT2D eigenvalue weighted by Crippen LogP contribution is -2.28. The van der Waals surface area contributed by atoms with E-state index >= 15 is 0 Å². The molecule has 108 valence electrons. The highest BCUT2D eigenvalue weighted by Crippen LogP contribution is 2.41. The second-order valence-electron chi connectivity index (χ2n) is 6.30. The quantitative estimate of drug-likeness (QED) is 0.549. The topological polar surface area (TPSA) is 58.5 Å². The summed E-state index contributed by atoms with van der Waals surface area (Å²) in [4.78, 5) is 11.4. The summed E-state index contributed by atoms with van der Waals surface area (Å²) in [6.07, 6.45) is 1.89. The number of phenolic OH excluding ortho intramolecular Hbond substituents is 1. The summed E-state index contributed by atoms with van der Waals surface area (Å²) in [7, 11) is 1.85. The van der Waals surface area contributed by atoms with Crippen LogP contribution in [0.4, 0.5) is 5.69 Å². The molecule has 3 rings (SSSR count). The largest absolute Gasteiger partial charge is 0.503 e. The van der Waals surface area contributed by atoms with Crippen molar-refractivity contribution in [1.82, 2.24) is 4.57 Å². The number of hydrogen-bond acceptors (Lipinski definition) is 3. The molecule has 21 heavy (non-hydrogen) atoms. The standard InChI is InChI=1S/C16H17N3O2/c1-16(2,3)19-9-18(4)13-12(17-21)10-7-5-6-8-11(10)15(20)14(13)19/h5-9H,1-4H3/p+1. The molecule has 0 amide bonds. The molecule has 5 nitrogen and oxygen atoms in total. The molecule has 0 bridgehead atoms. The molecule has 1 N–H and O–H groups in total. The lowest BCUT2D eigenvalue weighted by molar-refractivity contribution is -0.645. The fraction of sp³-hybridized carbons (Fsp3) is 0.312. The SMILES string of the molecule is C[n+]1cn(C(C)(C)C)c2c(O)c3ccccc3c(N=O)c21. The summed E-state index contributed by atoms with van der Waals surface area (Å²) in [5.41, 5.74) is 1.43. The molecule has 0 radical (unpaired) electrons. The highest BCUT2D eigenvalue weighted by Gasteiger charge is 2.31. The van der Waals surface area contributed by atoms with Crippen molar-refractivity contribution in [2.75, 3.05) is 0 Å². The summed E-state index contributed by atoms with van der Waals surface area (Å²) in [5, 5.41) is 15.2. The first-order valence-electron chi connectivity index (χ1n) is 6.84. The summed E-state index contributed by atoms with van der Waals surface area (Å²) in [6, 6.07) is 7.29. The van der Waals surface area contributed by atoms with E-state index in [0.29, 0.717) is 27.5 Å². The van der Waals surface area contributed by atoms with Gasteiger partial charge in [-0.2, -0.15) is 0 Å². The van der Waals surface area contributed by atoms with E-state index in [4.69, 9.17) is 0 Å². The predicted octanol–water partition coefficient (Wildman–Crippen LogP) is 3.48. The Hall–Kier alpha value is -2.43. The van der Waals surface area contributed by atoms with Crippen LogP contribution in [0.25, 0.3) is 21.8 Å². The lowest BCUT2D eigenvalue weighted by atomic mass is 10.0. The number of fused-ring (bicyclic) bond motifs is 2. The third-order valence-corrected chi connectivity index (χ3v) is 3.81. The summed E-state index contributed by atoms with van der Waals surface area (Å²) < 4.78 is 3.81. The maximum atomic E-state index is 11.4. The maximum Gasteiger partial charge on any atom is 0.245 e. The number of nitrogens with zero attached hydrogens (tertiary/aromatic N) is 3. The van der Waals surface area contributed by atoms with Crippen LogP contribution in [0.3, 0.4) is 0 Å². The average Bonchev–Trinajstić information content (AvgIpc) is 2.78. The van der Waals surface area contributed by atoms with E-state index < -0.39 is 0 Å². The van der Waals surface area contributed by atoms with Gasteiger partial charge in [0.25, 0.3) is 0 Å². The minimum Gasteiger partial charge on any atom is -0.503 e. The van der Waals surface area contributed by atoms with E-state index in [1.54, 1.807) is 12.1 Å². The minimum atomic E-state index is -0.223. The van der Waals surface area contributed by atoms with Crippen LogP contribution < -0.4 is 4.57 Å². The van der Waals surface area contributed by atoms with Crippen LogP contribution in [0.2, 0.25) is 0 Å². The molecule has 0 unspecified atom stereocenters. The fourth-order valence-electron chi connectivity index (χ4n) is 2.83. The number of imidazole rings is 1. The molecule has 0 saturated heterocycles. The highest BCUT2D eigenvalue weighted by atomic mass is 16.3. The van der Waals surface area contributed by atoms with Gasteiger partial charge in [0.2, 0.25) is 17.4 Å². The number of hydrogen-bond donors (Lipinski definition) is 1.